The van der Waals surface area contributed by atoms with E-state index in [1.807, 2.05) is 0 Å². The number of benzene rings is 1. The lowest BCUT2D eigenvalue weighted by atomic mass is 9.92. The third-order valence-electron chi connectivity index (χ3n) is 3.33. The van der Waals surface area contributed by atoms with Crippen LogP contribution in [0.4, 0.5) is 14.0 Å². The Bertz CT molecular complexity index is 514. The minimum Gasteiger partial charge on any atom is -0.449 e. The van der Waals surface area contributed by atoms with E-state index in [-0.39, 0.29) is 13.2 Å². The molecule has 2 amide bonds. The van der Waals surface area contributed by atoms with E-state index in [0.717, 1.165) is 5.01 Å². The Kier molecular flexibility index (Phi) is 8.56. The van der Waals surface area contributed by atoms with Crippen LogP contribution in [-0.4, -0.2) is 54.8 Å². The van der Waals surface area contributed by atoms with Crippen LogP contribution in [0.1, 0.15) is 25.3 Å². The van der Waals surface area contributed by atoms with Gasteiger partial charge in [-0.2, -0.15) is 0 Å². The van der Waals surface area contributed by atoms with Crippen molar-refractivity contribution in [1.29, 1.82) is 0 Å². The van der Waals surface area contributed by atoms with Gasteiger partial charge in [-0.05, 0) is 19.4 Å². The fourth-order valence-corrected chi connectivity index (χ4v) is 2.22. The van der Waals surface area contributed by atoms with Gasteiger partial charge in [0.05, 0.1) is 32.5 Å². The van der Waals surface area contributed by atoms with E-state index in [1.54, 1.807) is 44.2 Å². The predicted octanol–water partition coefficient (Wildman–Crippen LogP) is 2.22. The molecule has 0 heterocycles. The molecule has 0 aliphatic rings. The Labute approximate surface area is 140 Å². The zero-order valence-corrected chi connectivity index (χ0v) is 13.8. The third-order valence-corrected chi connectivity index (χ3v) is 3.33. The summed E-state index contributed by atoms with van der Waals surface area (Å²) in [5.74, 6) is -0.845. The van der Waals surface area contributed by atoms with Crippen LogP contribution in [0.3, 0.4) is 0 Å². The molecular formula is C16H23FN2O5. The van der Waals surface area contributed by atoms with E-state index in [0.29, 0.717) is 5.56 Å². The molecule has 1 aromatic carbocycles. The summed E-state index contributed by atoms with van der Waals surface area (Å²) in [6.07, 6.45) is -1.80. The van der Waals surface area contributed by atoms with Gasteiger partial charge < -0.3 is 14.6 Å². The second kappa shape index (κ2) is 10.4. The summed E-state index contributed by atoms with van der Waals surface area (Å²) in [5, 5.41) is 10.5. The lowest BCUT2D eigenvalue weighted by Gasteiger charge is -2.33. The molecule has 0 spiro atoms. The molecule has 0 fully saturated rings. The first-order valence-corrected chi connectivity index (χ1v) is 7.70. The van der Waals surface area contributed by atoms with E-state index in [4.69, 9.17) is 9.47 Å². The van der Waals surface area contributed by atoms with Crippen molar-refractivity contribution in [3.8, 4) is 0 Å². The first-order valence-electron chi connectivity index (χ1n) is 7.70. The molecule has 2 N–H and O–H groups in total. The SMILES string of the molecule is CCOC(=O)NN(C(=O)OCC)[C@H](CO)[C@H](CF)c1ccccc1. The third kappa shape index (κ3) is 5.38. The van der Waals surface area contributed by atoms with Crippen LogP contribution in [0.15, 0.2) is 30.3 Å². The van der Waals surface area contributed by atoms with Crippen LogP contribution in [0.25, 0.3) is 0 Å². The molecule has 1 aromatic rings. The number of carbonyl (C=O) groups is 2. The summed E-state index contributed by atoms with van der Waals surface area (Å²) in [5.41, 5.74) is 2.79. The molecule has 24 heavy (non-hydrogen) atoms. The summed E-state index contributed by atoms with van der Waals surface area (Å²) in [4.78, 5) is 23.8. The van der Waals surface area contributed by atoms with Gasteiger partial charge >= 0.3 is 12.2 Å². The molecule has 134 valence electrons. The normalized spacial score (nSPS) is 12.8. The summed E-state index contributed by atoms with van der Waals surface area (Å²) < 4.78 is 23.3. The predicted molar refractivity (Wildman–Crippen MR) is 85.1 cm³/mol. The number of halogens is 1. The number of aliphatic hydroxyl groups excluding tert-OH is 1. The summed E-state index contributed by atoms with van der Waals surface area (Å²) in [6, 6.07) is 7.52. The molecule has 0 bridgehead atoms. The second-order valence-corrected chi connectivity index (χ2v) is 4.82. The molecule has 0 saturated heterocycles. The summed E-state index contributed by atoms with van der Waals surface area (Å²) >= 11 is 0. The highest BCUT2D eigenvalue weighted by molar-refractivity contribution is 5.74. The van der Waals surface area contributed by atoms with Gasteiger partial charge in [-0.1, -0.05) is 30.3 Å². The van der Waals surface area contributed by atoms with E-state index < -0.39 is 37.4 Å². The first-order chi connectivity index (χ1) is 11.6. The zero-order chi connectivity index (χ0) is 17.9. The van der Waals surface area contributed by atoms with E-state index in [2.05, 4.69) is 5.43 Å². The van der Waals surface area contributed by atoms with Crippen LogP contribution < -0.4 is 5.43 Å². The number of hydrogen-bond donors (Lipinski definition) is 2. The van der Waals surface area contributed by atoms with Crippen molar-refractivity contribution in [2.75, 3.05) is 26.5 Å². The monoisotopic (exact) mass is 342 g/mol. The van der Waals surface area contributed by atoms with Gasteiger partial charge in [0.15, 0.2) is 0 Å². The molecule has 0 radical (unpaired) electrons. The Hall–Kier alpha value is -2.35. The van der Waals surface area contributed by atoms with Gasteiger partial charge in [-0.25, -0.2) is 20.0 Å². The van der Waals surface area contributed by atoms with E-state index in [1.165, 1.54) is 0 Å². The van der Waals surface area contributed by atoms with Gasteiger partial charge in [-0.15, -0.1) is 0 Å². The first kappa shape index (κ1) is 19.7. The minimum atomic E-state index is -1.05. The number of amides is 2. The Morgan fingerprint density at radius 3 is 2.33 bits per heavy atom. The molecule has 0 unspecified atom stereocenters. The van der Waals surface area contributed by atoms with Crippen molar-refractivity contribution in [1.82, 2.24) is 10.4 Å². The van der Waals surface area contributed by atoms with Gasteiger partial charge in [0, 0.05) is 5.92 Å². The van der Waals surface area contributed by atoms with Crippen molar-refractivity contribution in [3.63, 3.8) is 0 Å². The van der Waals surface area contributed by atoms with Gasteiger partial charge in [0.1, 0.15) is 0 Å². The standard InChI is InChI=1S/C16H23FN2O5/c1-3-23-15(21)18-19(16(22)24-4-2)14(11-20)13(10-17)12-8-6-5-7-9-12/h5-9,13-14,20H,3-4,10-11H2,1-2H3,(H,18,21)/t13-,14-/m1/s1. The van der Waals surface area contributed by atoms with Crippen LogP contribution in [0.2, 0.25) is 0 Å². The molecule has 2 atom stereocenters. The number of nitrogens with zero attached hydrogens (tertiary/aromatic N) is 1. The molecule has 8 heteroatoms. The molecule has 7 nitrogen and oxygen atoms in total. The lowest BCUT2D eigenvalue weighted by molar-refractivity contribution is 0.0287. The average molecular weight is 342 g/mol. The highest BCUT2D eigenvalue weighted by Crippen LogP contribution is 2.24. The van der Waals surface area contributed by atoms with E-state index >= 15 is 0 Å². The Balaban J connectivity index is 3.09. The quantitative estimate of drug-likeness (QED) is 0.742. The number of hydrazine groups is 1. The zero-order valence-electron chi connectivity index (χ0n) is 13.8. The minimum absolute atomic E-state index is 0.0591. The van der Waals surface area contributed by atoms with Crippen LogP contribution in [0, 0.1) is 0 Å². The van der Waals surface area contributed by atoms with Crippen molar-refractivity contribution >= 4 is 12.2 Å². The molecule has 1 rings (SSSR count). The van der Waals surface area contributed by atoms with Crippen molar-refractivity contribution in [2.45, 2.75) is 25.8 Å². The number of ether oxygens (including phenoxy) is 2. The highest BCUT2D eigenvalue weighted by atomic mass is 19.1. The maximum Gasteiger partial charge on any atom is 0.429 e. The van der Waals surface area contributed by atoms with E-state index in [9.17, 15) is 19.1 Å². The average Bonchev–Trinajstić information content (AvgIpc) is 2.59. The van der Waals surface area contributed by atoms with Gasteiger partial charge in [0.25, 0.3) is 0 Å². The Morgan fingerprint density at radius 2 is 1.83 bits per heavy atom. The van der Waals surface area contributed by atoms with Crippen molar-refractivity contribution in [3.05, 3.63) is 35.9 Å². The molecular weight excluding hydrogens is 319 g/mol. The van der Waals surface area contributed by atoms with Gasteiger partial charge in [-0.3, -0.25) is 4.39 Å². The highest BCUT2D eigenvalue weighted by Gasteiger charge is 2.34. The smallest absolute Gasteiger partial charge is 0.429 e. The maximum absolute atomic E-state index is 13.6. The summed E-state index contributed by atoms with van der Waals surface area (Å²) in [6.45, 7) is 1.94. The largest absolute Gasteiger partial charge is 0.449 e. The topological polar surface area (TPSA) is 88.1 Å². The lowest BCUT2D eigenvalue weighted by Crippen LogP contribution is -2.56. The number of carbonyl (C=O) groups excluding carboxylic acids is 2. The van der Waals surface area contributed by atoms with Crippen LogP contribution in [0.5, 0.6) is 0 Å². The summed E-state index contributed by atoms with van der Waals surface area (Å²) in [7, 11) is 0. The molecule has 0 aromatic heterocycles. The number of rotatable bonds is 7. The second-order valence-electron chi connectivity index (χ2n) is 4.82. The number of aliphatic hydroxyl groups is 1. The number of nitrogens with one attached hydrogen (secondary N) is 1. The van der Waals surface area contributed by atoms with Crippen molar-refractivity contribution < 1.29 is 28.6 Å². The fraction of sp³-hybridized carbons (Fsp3) is 0.500. The maximum atomic E-state index is 13.6. The Morgan fingerprint density at radius 1 is 1.21 bits per heavy atom. The van der Waals surface area contributed by atoms with Crippen LogP contribution in [-0.2, 0) is 9.47 Å². The van der Waals surface area contributed by atoms with Crippen LogP contribution >= 0.6 is 0 Å². The fourth-order valence-electron chi connectivity index (χ4n) is 2.22. The molecule has 0 saturated carbocycles. The number of hydrogen-bond acceptors (Lipinski definition) is 5. The van der Waals surface area contributed by atoms with Crippen molar-refractivity contribution in [2.24, 2.45) is 0 Å². The number of alkyl halides is 1. The molecule has 0 aliphatic heterocycles. The van der Waals surface area contributed by atoms with Gasteiger partial charge in [0.2, 0.25) is 0 Å². The molecule has 0 aliphatic carbocycles.